The number of esters is 1. The van der Waals surface area contributed by atoms with Crippen molar-refractivity contribution in [2.75, 3.05) is 4.90 Å². The fourth-order valence-corrected chi connectivity index (χ4v) is 4.40. The van der Waals surface area contributed by atoms with Crippen molar-refractivity contribution in [3.63, 3.8) is 0 Å². The summed E-state index contributed by atoms with van der Waals surface area (Å²) in [6, 6.07) is 0.0854. The highest BCUT2D eigenvalue weighted by molar-refractivity contribution is 7.13. The number of carbonyl (C=O) groups is 2. The third-order valence-electron chi connectivity index (χ3n) is 4.79. The number of halogens is 1. The van der Waals surface area contributed by atoms with Crippen molar-refractivity contribution in [2.45, 2.75) is 58.1 Å². The molecule has 0 saturated heterocycles. The van der Waals surface area contributed by atoms with E-state index < -0.39 is 12.1 Å². The second kappa shape index (κ2) is 8.39. The van der Waals surface area contributed by atoms with Crippen LogP contribution in [-0.2, 0) is 16.6 Å². The molecule has 7 nitrogen and oxygen atoms in total. The number of rotatable bonds is 5. The predicted molar refractivity (Wildman–Crippen MR) is 104 cm³/mol. The minimum absolute atomic E-state index is 0.0854. The van der Waals surface area contributed by atoms with Crippen LogP contribution in [0, 0.1) is 6.92 Å². The second-order valence-electron chi connectivity index (χ2n) is 6.74. The molecule has 1 amide bonds. The Morgan fingerprint density at radius 1 is 1.37 bits per heavy atom. The summed E-state index contributed by atoms with van der Waals surface area (Å²) in [6.45, 7) is 3.27. The Labute approximate surface area is 167 Å². The molecule has 1 aliphatic rings. The average Bonchev–Trinajstić information content (AvgIpc) is 3.24. The van der Waals surface area contributed by atoms with Crippen LogP contribution in [-0.4, -0.2) is 38.8 Å². The summed E-state index contributed by atoms with van der Waals surface area (Å²) < 4.78 is 6.86. The van der Waals surface area contributed by atoms with Crippen molar-refractivity contribution in [1.29, 1.82) is 0 Å². The minimum Gasteiger partial charge on any atom is -0.449 e. The summed E-state index contributed by atoms with van der Waals surface area (Å²) in [5, 5.41) is 6.79. The maximum absolute atomic E-state index is 13.1. The van der Waals surface area contributed by atoms with E-state index in [1.807, 2.05) is 5.38 Å². The molecule has 146 valence electrons. The van der Waals surface area contributed by atoms with Crippen LogP contribution in [0.3, 0.4) is 0 Å². The molecular weight excluding hydrogens is 388 g/mol. The molecule has 0 spiro atoms. The van der Waals surface area contributed by atoms with Crippen molar-refractivity contribution in [2.24, 2.45) is 7.05 Å². The number of nitrogens with zero attached hydrogens (tertiary/aromatic N) is 4. The zero-order chi connectivity index (χ0) is 19.6. The van der Waals surface area contributed by atoms with Crippen molar-refractivity contribution >= 4 is 39.9 Å². The van der Waals surface area contributed by atoms with Gasteiger partial charge in [0.25, 0.3) is 5.91 Å². The molecule has 0 N–H and O–H groups in total. The van der Waals surface area contributed by atoms with Crippen LogP contribution in [0.4, 0.5) is 5.13 Å². The molecule has 0 aromatic carbocycles. The van der Waals surface area contributed by atoms with Crippen molar-refractivity contribution in [3.8, 4) is 0 Å². The Bertz CT molecular complexity index is 815. The largest absolute Gasteiger partial charge is 0.449 e. The third kappa shape index (κ3) is 4.16. The summed E-state index contributed by atoms with van der Waals surface area (Å²) in [6.07, 6.45) is 5.94. The number of hydrogen-bond donors (Lipinski definition) is 0. The van der Waals surface area contributed by atoms with Crippen molar-refractivity contribution in [3.05, 3.63) is 28.0 Å². The molecule has 1 atom stereocenters. The fraction of sp³-hybridized carbons (Fsp3) is 0.556. The number of hydrogen-bond acceptors (Lipinski definition) is 6. The van der Waals surface area contributed by atoms with E-state index in [-0.39, 0.29) is 22.7 Å². The first-order chi connectivity index (χ1) is 12.9. The lowest BCUT2D eigenvalue weighted by molar-refractivity contribution is -0.127. The van der Waals surface area contributed by atoms with Crippen molar-refractivity contribution in [1.82, 2.24) is 14.8 Å². The van der Waals surface area contributed by atoms with Crippen molar-refractivity contribution < 1.29 is 14.3 Å². The van der Waals surface area contributed by atoms with Gasteiger partial charge in [0.05, 0.1) is 5.69 Å². The number of thiazole rings is 1. The van der Waals surface area contributed by atoms with Gasteiger partial charge in [-0.05, 0) is 26.7 Å². The first-order valence-electron chi connectivity index (χ1n) is 9.02. The van der Waals surface area contributed by atoms with E-state index in [2.05, 4.69) is 10.1 Å². The van der Waals surface area contributed by atoms with Gasteiger partial charge in [0.1, 0.15) is 10.7 Å². The Kier molecular flexibility index (Phi) is 6.16. The highest BCUT2D eigenvalue weighted by atomic mass is 35.5. The molecule has 1 fully saturated rings. The van der Waals surface area contributed by atoms with Crippen LogP contribution in [0.25, 0.3) is 0 Å². The van der Waals surface area contributed by atoms with Crippen LogP contribution < -0.4 is 4.90 Å². The Morgan fingerprint density at radius 2 is 2.07 bits per heavy atom. The standard InChI is InChI=1S/C18H23ClN4O3S/c1-11-14(15(19)22(3)21-11)17(25)26-12(2)16(24)23(18-20-9-10-27-18)13-7-5-4-6-8-13/h9-10,12-13H,4-8H2,1-3H3. The van der Waals surface area contributed by atoms with Crippen LogP contribution in [0.1, 0.15) is 55.1 Å². The van der Waals surface area contributed by atoms with E-state index in [0.717, 1.165) is 25.7 Å². The zero-order valence-electron chi connectivity index (χ0n) is 15.6. The number of ether oxygens (including phenoxy) is 1. The molecule has 1 aliphatic carbocycles. The van der Waals surface area contributed by atoms with Gasteiger partial charge in [0.2, 0.25) is 0 Å². The van der Waals surface area contributed by atoms with E-state index >= 15 is 0 Å². The SMILES string of the molecule is Cc1nn(C)c(Cl)c1C(=O)OC(C)C(=O)N(c1nccs1)C1CCCCC1. The average molecular weight is 411 g/mol. The van der Waals surface area contributed by atoms with Crippen LogP contribution in [0.5, 0.6) is 0 Å². The van der Waals surface area contributed by atoms with Crippen LogP contribution in [0.15, 0.2) is 11.6 Å². The lowest BCUT2D eigenvalue weighted by Gasteiger charge is -2.33. The van der Waals surface area contributed by atoms with Gasteiger partial charge in [-0.3, -0.25) is 14.4 Å². The fourth-order valence-electron chi connectivity index (χ4n) is 3.43. The maximum Gasteiger partial charge on any atom is 0.343 e. The number of anilines is 1. The van der Waals surface area contributed by atoms with Gasteiger partial charge in [-0.15, -0.1) is 11.3 Å². The van der Waals surface area contributed by atoms with E-state index in [1.165, 1.54) is 22.4 Å². The van der Waals surface area contributed by atoms with Gasteiger partial charge in [-0.25, -0.2) is 9.78 Å². The summed E-state index contributed by atoms with van der Waals surface area (Å²) >= 11 is 7.55. The van der Waals surface area contributed by atoms with Gasteiger partial charge in [-0.2, -0.15) is 5.10 Å². The Morgan fingerprint density at radius 3 is 2.63 bits per heavy atom. The molecule has 0 bridgehead atoms. The number of carbonyl (C=O) groups excluding carboxylic acids is 2. The molecule has 2 heterocycles. The molecular formula is C18H23ClN4O3S. The monoisotopic (exact) mass is 410 g/mol. The molecule has 0 aliphatic heterocycles. The van der Waals surface area contributed by atoms with E-state index in [9.17, 15) is 9.59 Å². The van der Waals surface area contributed by atoms with Crippen LogP contribution >= 0.6 is 22.9 Å². The van der Waals surface area contributed by atoms with E-state index in [4.69, 9.17) is 16.3 Å². The van der Waals surface area contributed by atoms with E-state index in [0.29, 0.717) is 10.8 Å². The van der Waals surface area contributed by atoms with Gasteiger partial charge in [-0.1, -0.05) is 30.9 Å². The first-order valence-corrected chi connectivity index (χ1v) is 10.3. The first kappa shape index (κ1) is 19.8. The normalized spacial score (nSPS) is 16.1. The lowest BCUT2D eigenvalue weighted by Crippen LogP contribution is -2.47. The quantitative estimate of drug-likeness (QED) is 0.701. The highest BCUT2D eigenvalue weighted by Gasteiger charge is 2.34. The molecule has 27 heavy (non-hydrogen) atoms. The number of aromatic nitrogens is 3. The second-order valence-corrected chi connectivity index (χ2v) is 7.97. The summed E-state index contributed by atoms with van der Waals surface area (Å²) in [4.78, 5) is 31.7. The Hall–Kier alpha value is -1.93. The molecule has 0 radical (unpaired) electrons. The number of aryl methyl sites for hydroxylation is 2. The summed E-state index contributed by atoms with van der Waals surface area (Å²) in [5.74, 6) is -0.906. The molecule has 3 rings (SSSR count). The molecule has 1 unspecified atom stereocenters. The van der Waals surface area contributed by atoms with Gasteiger partial charge in [0, 0.05) is 24.7 Å². The van der Waals surface area contributed by atoms with Gasteiger partial charge in [0.15, 0.2) is 11.2 Å². The summed E-state index contributed by atoms with van der Waals surface area (Å²) in [7, 11) is 1.65. The molecule has 2 aromatic rings. The highest BCUT2D eigenvalue weighted by Crippen LogP contribution is 2.30. The number of amides is 1. The maximum atomic E-state index is 13.1. The smallest absolute Gasteiger partial charge is 0.343 e. The topological polar surface area (TPSA) is 77.3 Å². The zero-order valence-corrected chi connectivity index (χ0v) is 17.2. The summed E-state index contributed by atoms with van der Waals surface area (Å²) in [5.41, 5.74) is 0.661. The predicted octanol–water partition coefficient (Wildman–Crippen LogP) is 3.75. The third-order valence-corrected chi connectivity index (χ3v) is 5.99. The Balaban J connectivity index is 1.78. The lowest BCUT2D eigenvalue weighted by atomic mass is 9.94. The van der Waals surface area contributed by atoms with Gasteiger partial charge < -0.3 is 4.74 Å². The molecule has 1 saturated carbocycles. The van der Waals surface area contributed by atoms with Crippen LogP contribution in [0.2, 0.25) is 5.15 Å². The molecule has 2 aromatic heterocycles. The minimum atomic E-state index is -0.945. The molecule has 9 heteroatoms. The van der Waals surface area contributed by atoms with E-state index in [1.54, 1.807) is 32.0 Å². The van der Waals surface area contributed by atoms with Gasteiger partial charge >= 0.3 is 5.97 Å².